The lowest BCUT2D eigenvalue weighted by atomic mass is 9.73. The maximum Gasteiger partial charge on any atom is 0.219 e. The fourth-order valence-electron chi connectivity index (χ4n) is 4.26. The fourth-order valence-corrected chi connectivity index (χ4v) is 4.26. The van der Waals surface area contributed by atoms with Crippen molar-refractivity contribution in [1.82, 2.24) is 9.80 Å². The molecule has 0 aromatic heterocycles. The number of aliphatic hydroxyl groups excluding tert-OH is 1. The van der Waals surface area contributed by atoms with Crippen molar-refractivity contribution in [2.45, 2.75) is 26.2 Å². The number of rotatable bonds is 5. The normalized spacial score (nSPS) is 27.9. The number of aliphatic hydroxyl groups is 1. The van der Waals surface area contributed by atoms with E-state index in [0.29, 0.717) is 5.92 Å². The number of benzene rings is 1. The number of fused-ring (bicyclic) bond motifs is 1. The number of carbonyl (C=O) groups excluding carboxylic acids is 1. The Morgan fingerprint density at radius 1 is 1.30 bits per heavy atom. The van der Waals surface area contributed by atoms with Crippen LogP contribution in [0.4, 0.5) is 0 Å². The number of hydrogen-bond acceptors (Lipinski definition) is 3. The molecule has 0 saturated carbocycles. The number of likely N-dealkylation sites (tertiary alicyclic amines) is 2. The molecule has 1 aromatic carbocycles. The number of piperidine rings is 1. The fraction of sp³-hybridized carbons (Fsp3) is 0.632. The van der Waals surface area contributed by atoms with Gasteiger partial charge in [-0.25, -0.2) is 0 Å². The summed E-state index contributed by atoms with van der Waals surface area (Å²) in [5.41, 5.74) is 1.40. The van der Waals surface area contributed by atoms with Gasteiger partial charge in [0, 0.05) is 38.5 Å². The van der Waals surface area contributed by atoms with Crippen LogP contribution in [0.3, 0.4) is 0 Å². The first kappa shape index (κ1) is 16.5. The molecule has 0 radical (unpaired) electrons. The lowest BCUT2D eigenvalue weighted by Crippen LogP contribution is -2.50. The molecule has 2 heterocycles. The van der Waals surface area contributed by atoms with Crippen LogP contribution in [0.2, 0.25) is 0 Å². The highest BCUT2D eigenvalue weighted by Crippen LogP contribution is 2.42. The summed E-state index contributed by atoms with van der Waals surface area (Å²) in [6.45, 7) is 6.58. The Morgan fingerprint density at radius 3 is 2.78 bits per heavy atom. The van der Waals surface area contributed by atoms with Crippen molar-refractivity contribution in [1.29, 1.82) is 0 Å². The van der Waals surface area contributed by atoms with Crippen molar-refractivity contribution in [2.75, 3.05) is 39.3 Å². The predicted molar refractivity (Wildman–Crippen MR) is 91.1 cm³/mol. The molecular weight excluding hydrogens is 288 g/mol. The van der Waals surface area contributed by atoms with Crippen LogP contribution in [0, 0.1) is 11.3 Å². The number of carbonyl (C=O) groups is 1. The van der Waals surface area contributed by atoms with Crippen LogP contribution >= 0.6 is 0 Å². The summed E-state index contributed by atoms with van der Waals surface area (Å²) in [5, 5.41) is 9.97. The molecule has 2 aliphatic rings. The Labute approximate surface area is 139 Å². The van der Waals surface area contributed by atoms with E-state index in [0.717, 1.165) is 52.0 Å². The smallest absolute Gasteiger partial charge is 0.219 e. The van der Waals surface area contributed by atoms with Crippen molar-refractivity contribution in [3.05, 3.63) is 35.9 Å². The molecule has 4 heteroatoms. The molecule has 2 aliphatic heterocycles. The average Bonchev–Trinajstić information content (AvgIpc) is 2.93. The van der Waals surface area contributed by atoms with Gasteiger partial charge < -0.3 is 14.9 Å². The summed E-state index contributed by atoms with van der Waals surface area (Å²) in [5.74, 6) is 0.584. The molecule has 1 amide bonds. The molecule has 0 spiro atoms. The standard InChI is InChI=1S/C19H28N2O2/c1-16(23)21-11-9-19(15-22)14-20(12-18(19)13-21)10-5-8-17-6-3-2-4-7-17/h2-4,6-7,18,22H,5,8-15H2,1H3/t18-,19-/m0/s1. The maximum atomic E-state index is 11.6. The van der Waals surface area contributed by atoms with Crippen LogP contribution in [0.25, 0.3) is 0 Å². The molecule has 2 fully saturated rings. The molecule has 0 aliphatic carbocycles. The topological polar surface area (TPSA) is 43.8 Å². The second kappa shape index (κ2) is 7.02. The van der Waals surface area contributed by atoms with Gasteiger partial charge in [0.25, 0.3) is 0 Å². The van der Waals surface area contributed by atoms with Crippen molar-refractivity contribution in [2.24, 2.45) is 11.3 Å². The molecule has 4 nitrogen and oxygen atoms in total. The van der Waals surface area contributed by atoms with Crippen molar-refractivity contribution in [3.63, 3.8) is 0 Å². The molecule has 1 N–H and O–H groups in total. The van der Waals surface area contributed by atoms with Crippen molar-refractivity contribution in [3.8, 4) is 0 Å². The van der Waals surface area contributed by atoms with E-state index in [2.05, 4.69) is 35.2 Å². The summed E-state index contributed by atoms with van der Waals surface area (Å²) in [6.07, 6.45) is 3.19. The molecule has 3 rings (SSSR count). The first-order valence-electron chi connectivity index (χ1n) is 8.76. The van der Waals surface area contributed by atoms with E-state index >= 15 is 0 Å². The first-order chi connectivity index (χ1) is 11.1. The zero-order chi connectivity index (χ0) is 16.3. The maximum absolute atomic E-state index is 11.6. The highest BCUT2D eigenvalue weighted by atomic mass is 16.3. The van der Waals surface area contributed by atoms with E-state index in [-0.39, 0.29) is 17.9 Å². The van der Waals surface area contributed by atoms with Crippen molar-refractivity contribution >= 4 is 5.91 Å². The molecule has 2 saturated heterocycles. The van der Waals surface area contributed by atoms with Crippen LogP contribution in [0.15, 0.2) is 30.3 Å². The van der Waals surface area contributed by atoms with Gasteiger partial charge >= 0.3 is 0 Å². The average molecular weight is 316 g/mol. The SMILES string of the molecule is CC(=O)N1CC[C@@]2(CO)CN(CCCc3ccccc3)C[C@H]2C1. The highest BCUT2D eigenvalue weighted by molar-refractivity contribution is 5.73. The number of amides is 1. The largest absolute Gasteiger partial charge is 0.396 e. The van der Waals surface area contributed by atoms with Gasteiger partial charge in [-0.1, -0.05) is 30.3 Å². The minimum atomic E-state index is 0.0126. The van der Waals surface area contributed by atoms with Crippen LogP contribution in [-0.4, -0.2) is 60.1 Å². The first-order valence-corrected chi connectivity index (χ1v) is 8.76. The van der Waals surface area contributed by atoms with Crippen LogP contribution in [0.5, 0.6) is 0 Å². The molecule has 126 valence electrons. The molecule has 0 unspecified atom stereocenters. The van der Waals surface area contributed by atoms with Gasteiger partial charge in [0.2, 0.25) is 5.91 Å². The Hall–Kier alpha value is -1.39. The summed E-state index contributed by atoms with van der Waals surface area (Å²) in [4.78, 5) is 16.1. The Morgan fingerprint density at radius 2 is 2.09 bits per heavy atom. The minimum absolute atomic E-state index is 0.0126. The Kier molecular flexibility index (Phi) is 5.02. The van der Waals surface area contributed by atoms with E-state index in [1.54, 1.807) is 6.92 Å². The van der Waals surface area contributed by atoms with Crippen LogP contribution in [0.1, 0.15) is 25.3 Å². The van der Waals surface area contributed by atoms with Crippen LogP contribution < -0.4 is 0 Å². The van der Waals surface area contributed by atoms with Crippen LogP contribution in [-0.2, 0) is 11.2 Å². The summed E-state index contributed by atoms with van der Waals surface area (Å²) < 4.78 is 0. The van der Waals surface area contributed by atoms with Gasteiger partial charge in [-0.05, 0) is 37.3 Å². The highest BCUT2D eigenvalue weighted by Gasteiger charge is 2.49. The van der Waals surface area contributed by atoms with Gasteiger partial charge in [-0.15, -0.1) is 0 Å². The quantitative estimate of drug-likeness (QED) is 0.900. The van der Waals surface area contributed by atoms with E-state index in [1.807, 2.05) is 4.90 Å². The summed E-state index contributed by atoms with van der Waals surface area (Å²) in [7, 11) is 0. The predicted octanol–water partition coefficient (Wildman–Crippen LogP) is 1.78. The second-order valence-electron chi connectivity index (χ2n) is 7.26. The molecule has 0 bridgehead atoms. The van der Waals surface area contributed by atoms with Gasteiger partial charge in [-0.2, -0.15) is 0 Å². The third kappa shape index (κ3) is 3.59. The molecule has 2 atom stereocenters. The van der Waals surface area contributed by atoms with E-state index in [4.69, 9.17) is 0 Å². The van der Waals surface area contributed by atoms with E-state index in [1.165, 1.54) is 5.56 Å². The number of nitrogens with zero attached hydrogens (tertiary/aromatic N) is 2. The Bertz CT molecular complexity index is 533. The van der Waals surface area contributed by atoms with Gasteiger partial charge in [-0.3, -0.25) is 4.79 Å². The Balaban J connectivity index is 1.54. The van der Waals surface area contributed by atoms with Crippen molar-refractivity contribution < 1.29 is 9.90 Å². The van der Waals surface area contributed by atoms with Gasteiger partial charge in [0.1, 0.15) is 0 Å². The lowest BCUT2D eigenvalue weighted by molar-refractivity contribution is -0.133. The number of aryl methyl sites for hydroxylation is 1. The third-order valence-corrected chi connectivity index (χ3v) is 5.75. The molecule has 23 heavy (non-hydrogen) atoms. The lowest BCUT2D eigenvalue weighted by Gasteiger charge is -2.42. The molecular formula is C19H28N2O2. The summed E-state index contributed by atoms with van der Waals surface area (Å²) >= 11 is 0. The number of hydrogen-bond donors (Lipinski definition) is 1. The van der Waals surface area contributed by atoms with E-state index in [9.17, 15) is 9.90 Å². The van der Waals surface area contributed by atoms with Gasteiger partial charge in [0.15, 0.2) is 0 Å². The second-order valence-corrected chi connectivity index (χ2v) is 7.26. The monoisotopic (exact) mass is 316 g/mol. The minimum Gasteiger partial charge on any atom is -0.396 e. The van der Waals surface area contributed by atoms with E-state index < -0.39 is 0 Å². The zero-order valence-corrected chi connectivity index (χ0v) is 14.1. The molecule has 1 aromatic rings. The third-order valence-electron chi connectivity index (χ3n) is 5.75. The summed E-state index contributed by atoms with van der Waals surface area (Å²) in [6, 6.07) is 10.6. The zero-order valence-electron chi connectivity index (χ0n) is 14.1. The van der Waals surface area contributed by atoms with Gasteiger partial charge in [0.05, 0.1) is 6.61 Å².